The maximum Gasteiger partial charge on any atom is 0.292 e. The molecule has 2 amide bonds. The van der Waals surface area contributed by atoms with Crippen LogP contribution in [0.4, 0.5) is 5.00 Å². The van der Waals surface area contributed by atoms with Gasteiger partial charge in [-0.2, -0.15) is 0 Å². The molecule has 0 bridgehead atoms. The summed E-state index contributed by atoms with van der Waals surface area (Å²) in [6, 6.07) is 18.0. The summed E-state index contributed by atoms with van der Waals surface area (Å²) in [4.78, 5) is 37.3. The Hall–Kier alpha value is -3.45. The Morgan fingerprint density at radius 3 is 2.34 bits per heavy atom. The van der Waals surface area contributed by atoms with Crippen molar-refractivity contribution in [1.82, 2.24) is 0 Å². The predicted octanol–water partition coefficient (Wildman–Crippen LogP) is 3.66. The number of thiophene rings is 1. The molecule has 0 unspecified atom stereocenters. The molecule has 7 heteroatoms. The lowest BCUT2D eigenvalue weighted by Crippen LogP contribution is -2.25. The maximum atomic E-state index is 12.4. The molecular formula is C22H20N2O4S. The number of carbonyl (C=O) groups excluding carboxylic acids is 3. The number of rotatable bonds is 8. The number of anilines is 1. The average Bonchev–Trinajstić information content (AvgIpc) is 3.14. The van der Waals surface area contributed by atoms with Crippen LogP contribution in [0.25, 0.3) is 10.4 Å². The van der Waals surface area contributed by atoms with Crippen LogP contribution in [0, 0.1) is 0 Å². The van der Waals surface area contributed by atoms with E-state index < -0.39 is 17.6 Å². The smallest absolute Gasteiger partial charge is 0.292 e. The molecule has 1 aromatic heterocycles. The van der Waals surface area contributed by atoms with Gasteiger partial charge in [-0.05, 0) is 36.2 Å². The number of primary amides is 1. The summed E-state index contributed by atoms with van der Waals surface area (Å²) in [5.74, 6) is -1.37. The molecule has 3 N–H and O–H groups in total. The topological polar surface area (TPSA) is 98.5 Å². The van der Waals surface area contributed by atoms with Crippen LogP contribution in [0.3, 0.4) is 0 Å². The van der Waals surface area contributed by atoms with E-state index in [9.17, 15) is 14.4 Å². The first kappa shape index (κ1) is 20.3. The van der Waals surface area contributed by atoms with E-state index in [1.807, 2.05) is 37.3 Å². The molecule has 0 atom stereocenters. The molecule has 3 rings (SSSR count). The number of ether oxygens (including phenoxy) is 1. The third-order valence-electron chi connectivity index (χ3n) is 4.14. The van der Waals surface area contributed by atoms with Crippen molar-refractivity contribution in [3.63, 3.8) is 0 Å². The van der Waals surface area contributed by atoms with Crippen LogP contribution in [-0.4, -0.2) is 24.2 Å². The van der Waals surface area contributed by atoms with Crippen molar-refractivity contribution in [3.05, 3.63) is 71.8 Å². The molecule has 2 aromatic carbocycles. The van der Waals surface area contributed by atoms with Gasteiger partial charge in [-0.15, -0.1) is 11.3 Å². The first-order chi connectivity index (χ1) is 14.0. The fraction of sp³-hybridized carbons (Fsp3) is 0.136. The molecule has 0 aliphatic rings. The first-order valence-electron chi connectivity index (χ1n) is 9.03. The Bertz CT molecular complexity index is 1030. The summed E-state index contributed by atoms with van der Waals surface area (Å²) in [6.07, 6.45) is -0.0545. The number of hydrogen-bond acceptors (Lipinski definition) is 5. The van der Waals surface area contributed by atoms with Crippen LogP contribution in [-0.2, 0) is 16.0 Å². The van der Waals surface area contributed by atoms with Crippen molar-refractivity contribution in [3.8, 4) is 16.2 Å². The van der Waals surface area contributed by atoms with Crippen molar-refractivity contribution < 1.29 is 19.1 Å². The maximum absolute atomic E-state index is 12.4. The average molecular weight is 408 g/mol. The van der Waals surface area contributed by atoms with Gasteiger partial charge in [-0.3, -0.25) is 14.4 Å². The standard InChI is InChI=1S/C22H20N2O4S/c1-2-28-16-10-8-14(9-11-16)12-18(25)21(27)24-22-17(20(23)26)13-19(29-22)15-6-4-3-5-7-15/h3-11,13H,2,12H2,1H3,(H2,23,26)(H,24,27). The Labute approximate surface area is 172 Å². The van der Waals surface area contributed by atoms with Gasteiger partial charge in [0.2, 0.25) is 5.78 Å². The van der Waals surface area contributed by atoms with Gasteiger partial charge in [0.25, 0.3) is 11.8 Å². The van der Waals surface area contributed by atoms with Gasteiger partial charge in [0.1, 0.15) is 10.8 Å². The lowest BCUT2D eigenvalue weighted by atomic mass is 10.1. The number of amides is 2. The van der Waals surface area contributed by atoms with Gasteiger partial charge in [0.15, 0.2) is 0 Å². The molecule has 0 spiro atoms. The van der Waals surface area contributed by atoms with Gasteiger partial charge in [0, 0.05) is 11.3 Å². The van der Waals surface area contributed by atoms with Gasteiger partial charge in [-0.1, -0.05) is 42.5 Å². The third kappa shape index (κ3) is 5.08. The minimum Gasteiger partial charge on any atom is -0.494 e. The Morgan fingerprint density at radius 1 is 1.03 bits per heavy atom. The number of Topliss-reactive ketones (excluding diaryl/α,β-unsaturated/α-hetero) is 1. The van der Waals surface area contributed by atoms with Crippen LogP contribution in [0.15, 0.2) is 60.7 Å². The van der Waals surface area contributed by atoms with Gasteiger partial charge >= 0.3 is 0 Å². The molecule has 6 nitrogen and oxygen atoms in total. The van der Waals surface area contributed by atoms with Gasteiger partial charge in [0.05, 0.1) is 12.2 Å². The van der Waals surface area contributed by atoms with Crippen molar-refractivity contribution in [2.75, 3.05) is 11.9 Å². The molecule has 0 saturated carbocycles. The number of ketones is 1. The van der Waals surface area contributed by atoms with Crippen molar-refractivity contribution >= 4 is 33.9 Å². The van der Waals surface area contributed by atoms with Crippen molar-refractivity contribution in [1.29, 1.82) is 0 Å². The fourth-order valence-electron chi connectivity index (χ4n) is 2.72. The van der Waals surface area contributed by atoms with E-state index >= 15 is 0 Å². The molecule has 3 aromatic rings. The summed E-state index contributed by atoms with van der Waals surface area (Å²) < 4.78 is 5.36. The highest BCUT2D eigenvalue weighted by atomic mass is 32.1. The zero-order valence-electron chi connectivity index (χ0n) is 15.8. The summed E-state index contributed by atoms with van der Waals surface area (Å²) in [6.45, 7) is 2.44. The summed E-state index contributed by atoms with van der Waals surface area (Å²) in [7, 11) is 0. The number of benzene rings is 2. The molecule has 0 saturated heterocycles. The Morgan fingerprint density at radius 2 is 1.72 bits per heavy atom. The van der Waals surface area contributed by atoms with E-state index in [0.717, 1.165) is 10.4 Å². The summed E-state index contributed by atoms with van der Waals surface area (Å²) in [5, 5.41) is 2.80. The van der Waals surface area contributed by atoms with Crippen LogP contribution in [0.5, 0.6) is 5.75 Å². The quantitative estimate of drug-likeness (QED) is 0.556. The SMILES string of the molecule is CCOc1ccc(CC(=O)C(=O)Nc2sc(-c3ccccc3)cc2C(N)=O)cc1. The Kier molecular flexibility index (Phi) is 6.41. The predicted molar refractivity (Wildman–Crippen MR) is 113 cm³/mol. The highest BCUT2D eigenvalue weighted by Gasteiger charge is 2.20. The van der Waals surface area contributed by atoms with E-state index in [-0.39, 0.29) is 17.0 Å². The minimum absolute atomic E-state index is 0.0545. The monoisotopic (exact) mass is 408 g/mol. The lowest BCUT2D eigenvalue weighted by molar-refractivity contribution is -0.134. The van der Waals surface area contributed by atoms with Gasteiger partial charge in [-0.25, -0.2) is 0 Å². The normalized spacial score (nSPS) is 10.4. The van der Waals surface area contributed by atoms with Gasteiger partial charge < -0.3 is 15.8 Å². The largest absolute Gasteiger partial charge is 0.494 e. The third-order valence-corrected chi connectivity index (χ3v) is 5.23. The summed E-state index contributed by atoms with van der Waals surface area (Å²) >= 11 is 1.20. The van der Waals surface area contributed by atoms with E-state index in [1.165, 1.54) is 11.3 Å². The molecule has 1 heterocycles. The first-order valence-corrected chi connectivity index (χ1v) is 9.84. The van der Waals surface area contributed by atoms with E-state index in [0.29, 0.717) is 17.9 Å². The second-order valence-corrected chi connectivity index (χ2v) is 7.27. The number of hydrogen-bond donors (Lipinski definition) is 2. The zero-order chi connectivity index (χ0) is 20.8. The highest BCUT2D eigenvalue weighted by molar-refractivity contribution is 7.20. The molecule has 0 fully saturated rings. The number of carbonyl (C=O) groups is 3. The molecule has 29 heavy (non-hydrogen) atoms. The van der Waals surface area contributed by atoms with Crippen molar-refractivity contribution in [2.45, 2.75) is 13.3 Å². The second kappa shape index (κ2) is 9.16. The zero-order valence-corrected chi connectivity index (χ0v) is 16.6. The van der Waals surface area contributed by atoms with E-state index in [2.05, 4.69) is 5.32 Å². The highest BCUT2D eigenvalue weighted by Crippen LogP contribution is 2.35. The number of nitrogens with one attached hydrogen (secondary N) is 1. The fourth-order valence-corrected chi connectivity index (χ4v) is 3.78. The van der Waals surface area contributed by atoms with Crippen LogP contribution in [0.2, 0.25) is 0 Å². The van der Waals surface area contributed by atoms with Crippen LogP contribution >= 0.6 is 11.3 Å². The molecule has 0 aliphatic heterocycles. The molecule has 148 valence electrons. The number of nitrogens with two attached hydrogens (primary N) is 1. The minimum atomic E-state index is -0.789. The molecule has 0 radical (unpaired) electrons. The van der Waals surface area contributed by atoms with Crippen LogP contribution in [0.1, 0.15) is 22.8 Å². The lowest BCUT2D eigenvalue weighted by Gasteiger charge is -2.06. The van der Waals surface area contributed by atoms with E-state index in [1.54, 1.807) is 30.3 Å². The van der Waals surface area contributed by atoms with Crippen molar-refractivity contribution in [2.24, 2.45) is 5.73 Å². The molecule has 0 aliphatic carbocycles. The Balaban J connectivity index is 1.73. The van der Waals surface area contributed by atoms with E-state index in [4.69, 9.17) is 10.5 Å². The molecular weight excluding hydrogens is 388 g/mol. The summed E-state index contributed by atoms with van der Waals surface area (Å²) in [5.41, 5.74) is 7.20. The second-order valence-electron chi connectivity index (χ2n) is 6.21. The van der Waals surface area contributed by atoms with Crippen LogP contribution < -0.4 is 15.8 Å².